The van der Waals surface area contributed by atoms with Crippen molar-refractivity contribution in [1.82, 2.24) is 9.21 Å². The number of likely N-dealkylation sites (N-methyl/N-ethyl adjacent to an activating group) is 1. The molecule has 0 heterocycles. The van der Waals surface area contributed by atoms with Crippen LogP contribution in [0.5, 0.6) is 0 Å². The van der Waals surface area contributed by atoms with Crippen molar-refractivity contribution in [3.8, 4) is 0 Å². The third kappa shape index (κ3) is 5.51. The highest BCUT2D eigenvalue weighted by molar-refractivity contribution is 7.98. The van der Waals surface area contributed by atoms with Gasteiger partial charge in [-0.2, -0.15) is 0 Å². The molecule has 0 atom stereocenters. The van der Waals surface area contributed by atoms with Crippen LogP contribution in [0, 0.1) is 0 Å². The smallest absolute Gasteiger partial charge is 0.254 e. The van der Waals surface area contributed by atoms with Crippen LogP contribution in [0.15, 0.2) is 52.3 Å². The van der Waals surface area contributed by atoms with Gasteiger partial charge in [-0.25, -0.2) is 12.7 Å². The summed E-state index contributed by atoms with van der Waals surface area (Å²) in [5.41, 5.74) is 0.784. The van der Waals surface area contributed by atoms with Crippen LogP contribution in [0.3, 0.4) is 0 Å². The summed E-state index contributed by atoms with van der Waals surface area (Å²) in [6.45, 7) is -0.195. The Morgan fingerprint density at radius 2 is 1.76 bits per heavy atom. The number of anilines is 1. The third-order valence-corrected chi connectivity index (χ3v) is 7.14. The van der Waals surface area contributed by atoms with Crippen molar-refractivity contribution >= 4 is 50.9 Å². The minimum absolute atomic E-state index is 0.0179. The second kappa shape index (κ2) is 9.62. The van der Waals surface area contributed by atoms with E-state index in [1.165, 1.54) is 56.0 Å². The van der Waals surface area contributed by atoms with E-state index in [1.807, 2.05) is 24.5 Å². The second-order valence-corrected chi connectivity index (χ2v) is 9.72. The zero-order chi connectivity index (χ0) is 21.8. The molecule has 0 aromatic heterocycles. The normalized spacial score (nSPS) is 11.4. The van der Waals surface area contributed by atoms with Gasteiger partial charge in [0.05, 0.1) is 17.3 Å². The number of hydrogen-bond acceptors (Lipinski definition) is 5. The molecule has 0 unspecified atom stereocenters. The van der Waals surface area contributed by atoms with Crippen molar-refractivity contribution < 1.29 is 18.0 Å². The first-order chi connectivity index (χ1) is 13.6. The molecule has 0 aliphatic rings. The van der Waals surface area contributed by atoms with Gasteiger partial charge in [0.1, 0.15) is 4.90 Å². The zero-order valence-electron chi connectivity index (χ0n) is 16.5. The SMILES string of the molecule is CSc1ccccc1NC(=O)CN(C)C(=O)c1ccc(Cl)c(S(=O)(=O)N(C)C)c1. The molecule has 29 heavy (non-hydrogen) atoms. The maximum absolute atomic E-state index is 12.7. The molecule has 0 saturated carbocycles. The Bertz CT molecular complexity index is 1030. The van der Waals surface area contributed by atoms with Gasteiger partial charge < -0.3 is 10.2 Å². The van der Waals surface area contributed by atoms with Crippen LogP contribution in [0.25, 0.3) is 0 Å². The van der Waals surface area contributed by atoms with E-state index in [1.54, 1.807) is 6.07 Å². The predicted octanol–water partition coefficient (Wildman–Crippen LogP) is 3.02. The van der Waals surface area contributed by atoms with Crippen molar-refractivity contribution in [2.24, 2.45) is 0 Å². The summed E-state index contributed by atoms with van der Waals surface area (Å²) in [5.74, 6) is -0.859. The van der Waals surface area contributed by atoms with E-state index in [4.69, 9.17) is 11.6 Å². The summed E-state index contributed by atoms with van der Waals surface area (Å²) in [6.07, 6.45) is 1.90. The molecule has 0 fully saturated rings. The van der Waals surface area contributed by atoms with Crippen molar-refractivity contribution in [1.29, 1.82) is 0 Å². The number of hydrogen-bond donors (Lipinski definition) is 1. The summed E-state index contributed by atoms with van der Waals surface area (Å²) >= 11 is 7.51. The number of amides is 2. The average Bonchev–Trinajstić information content (AvgIpc) is 2.67. The number of benzene rings is 2. The summed E-state index contributed by atoms with van der Waals surface area (Å²) in [7, 11) is 0.414. The van der Waals surface area contributed by atoms with Gasteiger partial charge in [-0.1, -0.05) is 23.7 Å². The molecule has 2 rings (SSSR count). The molecule has 0 saturated heterocycles. The Hall–Kier alpha value is -2.07. The fraction of sp³-hybridized carbons (Fsp3) is 0.263. The molecule has 0 radical (unpaired) electrons. The van der Waals surface area contributed by atoms with Crippen LogP contribution in [0.2, 0.25) is 5.02 Å². The molecular formula is C19H22ClN3O4S2. The van der Waals surface area contributed by atoms with E-state index in [-0.39, 0.29) is 27.9 Å². The minimum atomic E-state index is -3.81. The Kier molecular flexibility index (Phi) is 7.70. The quantitative estimate of drug-likeness (QED) is 0.648. The highest BCUT2D eigenvalue weighted by atomic mass is 35.5. The molecular weight excluding hydrogens is 434 g/mol. The number of sulfonamides is 1. The van der Waals surface area contributed by atoms with Crippen LogP contribution in [-0.4, -0.2) is 63.4 Å². The minimum Gasteiger partial charge on any atom is -0.332 e. The molecule has 1 N–H and O–H groups in total. The molecule has 0 aliphatic carbocycles. The van der Waals surface area contributed by atoms with Gasteiger partial charge in [0.2, 0.25) is 15.9 Å². The summed E-state index contributed by atoms with van der Waals surface area (Å²) in [5, 5.41) is 2.80. The number of para-hydroxylation sites is 1. The molecule has 0 spiro atoms. The zero-order valence-corrected chi connectivity index (χ0v) is 18.9. The van der Waals surface area contributed by atoms with E-state index in [9.17, 15) is 18.0 Å². The molecule has 0 aliphatic heterocycles. The van der Waals surface area contributed by atoms with Crippen LogP contribution in [0.1, 0.15) is 10.4 Å². The van der Waals surface area contributed by atoms with E-state index in [2.05, 4.69) is 5.32 Å². The van der Waals surface area contributed by atoms with Crippen LogP contribution >= 0.6 is 23.4 Å². The Morgan fingerprint density at radius 3 is 2.38 bits per heavy atom. The lowest BCUT2D eigenvalue weighted by atomic mass is 10.2. The lowest BCUT2D eigenvalue weighted by Gasteiger charge is -2.19. The number of rotatable bonds is 7. The highest BCUT2D eigenvalue weighted by Gasteiger charge is 2.24. The standard InChI is InChI=1S/C19H22ClN3O4S2/c1-22(2)29(26,27)17-11-13(9-10-14(17)20)19(25)23(3)12-18(24)21-15-7-5-6-8-16(15)28-4/h5-11H,12H2,1-4H3,(H,21,24). The molecule has 7 nitrogen and oxygen atoms in total. The topological polar surface area (TPSA) is 86.8 Å². The first-order valence-corrected chi connectivity index (χ1v) is 11.5. The maximum atomic E-state index is 12.7. The van der Waals surface area contributed by atoms with Gasteiger partial charge >= 0.3 is 0 Å². The van der Waals surface area contributed by atoms with Crippen LogP contribution < -0.4 is 5.32 Å². The Morgan fingerprint density at radius 1 is 1.10 bits per heavy atom. The first-order valence-electron chi connectivity index (χ1n) is 8.48. The van der Waals surface area contributed by atoms with Gasteiger partial charge in [0, 0.05) is 31.6 Å². The van der Waals surface area contributed by atoms with E-state index in [0.29, 0.717) is 5.69 Å². The van der Waals surface area contributed by atoms with E-state index >= 15 is 0 Å². The summed E-state index contributed by atoms with van der Waals surface area (Å²) in [6, 6.07) is 11.3. The largest absolute Gasteiger partial charge is 0.332 e. The number of thioether (sulfide) groups is 1. The second-order valence-electron chi connectivity index (χ2n) is 6.34. The molecule has 10 heteroatoms. The van der Waals surface area contributed by atoms with Gasteiger partial charge in [-0.05, 0) is 36.6 Å². The fourth-order valence-electron chi connectivity index (χ4n) is 2.48. The third-order valence-electron chi connectivity index (χ3n) is 4.05. The molecule has 0 bridgehead atoms. The number of nitrogens with zero attached hydrogens (tertiary/aromatic N) is 2. The number of carbonyl (C=O) groups is 2. The van der Waals surface area contributed by atoms with Gasteiger partial charge in [-0.3, -0.25) is 9.59 Å². The average molecular weight is 456 g/mol. The summed E-state index contributed by atoms with van der Waals surface area (Å²) < 4.78 is 25.8. The van der Waals surface area contributed by atoms with E-state index in [0.717, 1.165) is 9.20 Å². The molecule has 2 amide bonds. The lowest BCUT2D eigenvalue weighted by Crippen LogP contribution is -2.35. The van der Waals surface area contributed by atoms with Crippen LogP contribution in [-0.2, 0) is 14.8 Å². The first kappa shape index (κ1) is 23.2. The van der Waals surface area contributed by atoms with Crippen molar-refractivity contribution in [3.63, 3.8) is 0 Å². The Balaban J connectivity index is 2.17. The predicted molar refractivity (Wildman–Crippen MR) is 116 cm³/mol. The number of halogens is 1. The van der Waals surface area contributed by atoms with Crippen molar-refractivity contribution in [2.75, 3.05) is 39.3 Å². The van der Waals surface area contributed by atoms with E-state index < -0.39 is 15.9 Å². The fourth-order valence-corrected chi connectivity index (χ4v) is 4.42. The summed E-state index contributed by atoms with van der Waals surface area (Å²) in [4.78, 5) is 27.0. The van der Waals surface area contributed by atoms with Crippen molar-refractivity contribution in [2.45, 2.75) is 9.79 Å². The molecule has 2 aromatic carbocycles. The monoisotopic (exact) mass is 455 g/mol. The lowest BCUT2D eigenvalue weighted by molar-refractivity contribution is -0.116. The molecule has 156 valence electrons. The Labute approximate surface area is 180 Å². The highest BCUT2D eigenvalue weighted by Crippen LogP contribution is 2.26. The number of nitrogens with one attached hydrogen (secondary N) is 1. The van der Waals surface area contributed by atoms with Gasteiger partial charge in [0.25, 0.3) is 5.91 Å². The van der Waals surface area contributed by atoms with Gasteiger partial charge in [0.15, 0.2) is 0 Å². The maximum Gasteiger partial charge on any atom is 0.254 e. The number of carbonyl (C=O) groups excluding carboxylic acids is 2. The van der Waals surface area contributed by atoms with Crippen molar-refractivity contribution in [3.05, 3.63) is 53.1 Å². The van der Waals surface area contributed by atoms with Gasteiger partial charge in [-0.15, -0.1) is 11.8 Å². The molecule has 2 aromatic rings. The van der Waals surface area contributed by atoms with Crippen LogP contribution in [0.4, 0.5) is 5.69 Å².